The van der Waals surface area contributed by atoms with Crippen molar-refractivity contribution in [2.24, 2.45) is 0 Å². The van der Waals surface area contributed by atoms with Crippen LogP contribution < -0.4 is 10.2 Å². The molecule has 0 radical (unpaired) electrons. The Morgan fingerprint density at radius 3 is 2.69 bits per heavy atom. The molecule has 0 bridgehead atoms. The van der Waals surface area contributed by atoms with Gasteiger partial charge in [0, 0.05) is 31.2 Å². The first-order valence-corrected chi connectivity index (χ1v) is 10.1. The van der Waals surface area contributed by atoms with Crippen molar-refractivity contribution in [1.29, 1.82) is 0 Å². The maximum absolute atomic E-state index is 11.8. The Kier molecular flexibility index (Phi) is 4.81. The molecule has 2 aromatic rings. The molecule has 152 valence electrons. The van der Waals surface area contributed by atoms with E-state index in [4.69, 9.17) is 14.5 Å². The third-order valence-electron chi connectivity index (χ3n) is 5.83. The number of ether oxygens (including phenoxy) is 2. The lowest BCUT2D eigenvalue weighted by Crippen LogP contribution is -2.32. The number of carboxylic acids is 1. The van der Waals surface area contributed by atoms with Gasteiger partial charge in [-0.05, 0) is 43.0 Å². The lowest BCUT2D eigenvalue weighted by atomic mass is 10.1. The second kappa shape index (κ2) is 7.61. The van der Waals surface area contributed by atoms with Gasteiger partial charge in [0.15, 0.2) is 0 Å². The van der Waals surface area contributed by atoms with Gasteiger partial charge in [-0.15, -0.1) is 0 Å². The SMILES string of the molecule is O=C(O)c1cc2c(nc1N1C[C@@H]3OCC(Nc4cccnc4)CO[C@H]3C1)CCC2. The van der Waals surface area contributed by atoms with Gasteiger partial charge in [-0.2, -0.15) is 0 Å². The first-order chi connectivity index (χ1) is 14.2. The maximum atomic E-state index is 11.8. The van der Waals surface area contributed by atoms with Crippen molar-refractivity contribution in [2.45, 2.75) is 37.5 Å². The van der Waals surface area contributed by atoms with E-state index in [1.807, 2.05) is 17.0 Å². The largest absolute Gasteiger partial charge is 0.478 e. The summed E-state index contributed by atoms with van der Waals surface area (Å²) in [6.07, 6.45) is 6.17. The summed E-state index contributed by atoms with van der Waals surface area (Å²) in [5, 5.41) is 13.1. The van der Waals surface area contributed by atoms with Crippen LogP contribution in [-0.4, -0.2) is 65.6 Å². The number of fused-ring (bicyclic) bond motifs is 2. The topological polar surface area (TPSA) is 96.8 Å². The summed E-state index contributed by atoms with van der Waals surface area (Å²) >= 11 is 0. The van der Waals surface area contributed by atoms with Crippen molar-refractivity contribution in [1.82, 2.24) is 9.97 Å². The fraction of sp³-hybridized carbons (Fsp3) is 0.476. The van der Waals surface area contributed by atoms with Gasteiger partial charge < -0.3 is 24.8 Å². The Balaban J connectivity index is 1.29. The third-order valence-corrected chi connectivity index (χ3v) is 5.83. The van der Waals surface area contributed by atoms with Crippen LogP contribution in [0.5, 0.6) is 0 Å². The minimum atomic E-state index is -0.933. The van der Waals surface area contributed by atoms with Crippen LogP contribution in [0.1, 0.15) is 28.0 Å². The number of nitrogens with one attached hydrogen (secondary N) is 1. The molecule has 8 heteroatoms. The van der Waals surface area contributed by atoms with Gasteiger partial charge in [0.05, 0.1) is 24.9 Å². The first kappa shape index (κ1) is 18.3. The van der Waals surface area contributed by atoms with Crippen LogP contribution >= 0.6 is 0 Å². The number of aromatic nitrogens is 2. The number of carboxylic acid groups (broad SMARTS) is 1. The summed E-state index contributed by atoms with van der Waals surface area (Å²) in [6.45, 7) is 2.20. The lowest BCUT2D eigenvalue weighted by Gasteiger charge is -2.22. The first-order valence-electron chi connectivity index (χ1n) is 10.1. The molecule has 5 rings (SSSR count). The average molecular weight is 396 g/mol. The van der Waals surface area contributed by atoms with Crippen LogP contribution in [0.25, 0.3) is 0 Å². The Labute approximate surface area is 168 Å². The zero-order valence-corrected chi connectivity index (χ0v) is 16.1. The van der Waals surface area contributed by atoms with Crippen molar-refractivity contribution < 1.29 is 19.4 Å². The molecule has 8 nitrogen and oxygen atoms in total. The fourth-order valence-corrected chi connectivity index (χ4v) is 4.39. The Morgan fingerprint density at radius 2 is 2.00 bits per heavy atom. The molecule has 0 aromatic carbocycles. The quantitative estimate of drug-likeness (QED) is 0.807. The second-order valence-corrected chi connectivity index (χ2v) is 7.86. The van der Waals surface area contributed by atoms with Crippen molar-refractivity contribution in [2.75, 3.05) is 36.5 Å². The zero-order chi connectivity index (χ0) is 19.8. The minimum Gasteiger partial charge on any atom is -0.478 e. The Bertz CT molecular complexity index is 891. The van der Waals surface area contributed by atoms with E-state index in [0.717, 1.165) is 36.2 Å². The van der Waals surface area contributed by atoms with E-state index in [9.17, 15) is 9.90 Å². The molecule has 2 aliphatic heterocycles. The molecule has 0 unspecified atom stereocenters. The van der Waals surface area contributed by atoms with E-state index in [1.54, 1.807) is 18.5 Å². The summed E-state index contributed by atoms with van der Waals surface area (Å²) in [7, 11) is 0. The lowest BCUT2D eigenvalue weighted by molar-refractivity contribution is -0.00461. The van der Waals surface area contributed by atoms with Gasteiger partial charge in [0.2, 0.25) is 0 Å². The molecule has 2 fully saturated rings. The summed E-state index contributed by atoms with van der Waals surface area (Å²) in [4.78, 5) is 22.7. The van der Waals surface area contributed by atoms with Crippen molar-refractivity contribution in [3.63, 3.8) is 0 Å². The van der Waals surface area contributed by atoms with E-state index in [-0.39, 0.29) is 23.8 Å². The smallest absolute Gasteiger partial charge is 0.339 e. The molecule has 2 saturated heterocycles. The highest BCUT2D eigenvalue weighted by molar-refractivity contribution is 5.93. The van der Waals surface area contributed by atoms with Gasteiger partial charge in [-0.25, -0.2) is 9.78 Å². The van der Waals surface area contributed by atoms with E-state index in [2.05, 4.69) is 10.3 Å². The molecule has 0 spiro atoms. The van der Waals surface area contributed by atoms with Gasteiger partial charge >= 0.3 is 5.97 Å². The van der Waals surface area contributed by atoms with Gasteiger partial charge in [0.25, 0.3) is 0 Å². The highest BCUT2D eigenvalue weighted by Crippen LogP contribution is 2.31. The second-order valence-electron chi connectivity index (χ2n) is 7.86. The molecular formula is C21H24N4O4. The molecule has 4 heterocycles. The number of rotatable bonds is 4. The van der Waals surface area contributed by atoms with Gasteiger partial charge in [0.1, 0.15) is 23.6 Å². The number of carbonyl (C=O) groups is 1. The van der Waals surface area contributed by atoms with Crippen LogP contribution in [0, 0.1) is 0 Å². The highest BCUT2D eigenvalue weighted by atomic mass is 16.6. The predicted molar refractivity (Wildman–Crippen MR) is 107 cm³/mol. The molecule has 2 aromatic heterocycles. The van der Waals surface area contributed by atoms with E-state index < -0.39 is 5.97 Å². The van der Waals surface area contributed by atoms with E-state index >= 15 is 0 Å². The zero-order valence-electron chi connectivity index (χ0n) is 16.1. The van der Waals surface area contributed by atoms with Crippen molar-refractivity contribution >= 4 is 17.5 Å². The Morgan fingerprint density at radius 1 is 1.21 bits per heavy atom. The normalized spacial score (nSPS) is 24.1. The number of nitrogens with zero attached hydrogens (tertiary/aromatic N) is 3. The van der Waals surface area contributed by atoms with Crippen LogP contribution in [0.3, 0.4) is 0 Å². The monoisotopic (exact) mass is 396 g/mol. The Hall–Kier alpha value is -2.71. The van der Waals surface area contributed by atoms with Crippen molar-refractivity contribution in [3.8, 4) is 0 Å². The van der Waals surface area contributed by atoms with Crippen LogP contribution in [0.15, 0.2) is 30.6 Å². The van der Waals surface area contributed by atoms with Crippen LogP contribution in [0.4, 0.5) is 11.5 Å². The number of pyridine rings is 2. The van der Waals surface area contributed by atoms with Crippen molar-refractivity contribution in [3.05, 3.63) is 47.4 Å². The standard InChI is InChI=1S/C21H24N4O4/c26-21(27)16-7-13-3-1-5-17(13)24-20(16)25-9-18-19(10-25)29-12-15(11-28-18)23-14-4-2-6-22-8-14/h2,4,6-8,15,18-19,23H,1,3,5,9-12H2,(H,26,27)/t18-,19-/m0/s1. The molecule has 0 amide bonds. The minimum absolute atomic E-state index is 0.0472. The molecule has 2 atom stereocenters. The third kappa shape index (κ3) is 3.65. The predicted octanol–water partition coefficient (Wildman–Crippen LogP) is 1.75. The number of aromatic carboxylic acids is 1. The molecular weight excluding hydrogens is 372 g/mol. The molecule has 29 heavy (non-hydrogen) atoms. The van der Waals surface area contributed by atoms with E-state index in [1.165, 1.54) is 0 Å². The number of hydrogen-bond donors (Lipinski definition) is 2. The van der Waals surface area contributed by atoms with Crippen LogP contribution in [0.2, 0.25) is 0 Å². The summed E-state index contributed by atoms with van der Waals surface area (Å²) in [6, 6.07) is 5.70. The van der Waals surface area contributed by atoms with Crippen LogP contribution in [-0.2, 0) is 22.3 Å². The maximum Gasteiger partial charge on any atom is 0.339 e. The molecule has 1 aliphatic carbocycles. The molecule has 0 saturated carbocycles. The molecule has 3 aliphatic rings. The average Bonchev–Trinajstić information content (AvgIpc) is 3.32. The number of anilines is 2. The number of aryl methyl sites for hydroxylation is 2. The summed E-state index contributed by atoms with van der Waals surface area (Å²) in [5.41, 5.74) is 3.31. The van der Waals surface area contributed by atoms with Gasteiger partial charge in [-0.1, -0.05) is 0 Å². The highest BCUT2D eigenvalue weighted by Gasteiger charge is 2.39. The van der Waals surface area contributed by atoms with E-state index in [0.29, 0.717) is 32.1 Å². The molecule has 2 N–H and O–H groups in total. The fourth-order valence-electron chi connectivity index (χ4n) is 4.39. The number of hydrogen-bond acceptors (Lipinski definition) is 7. The van der Waals surface area contributed by atoms with Gasteiger partial charge in [-0.3, -0.25) is 4.98 Å². The summed E-state index contributed by atoms with van der Waals surface area (Å²) in [5.74, 6) is -0.389. The summed E-state index contributed by atoms with van der Waals surface area (Å²) < 4.78 is 12.3.